The molecule has 2 aliphatic heterocycles. The standard InChI is InChI=1S/C24H30IN3/c25-22-6-7-24(26-17-22)28-14-9-19(10-15-28)20-5-4-18-8-12-27(23-2-1-3-23)13-11-21(18)16-20/h4-7,16-17,19,23H,1-3,8-15H2. The molecule has 1 aromatic carbocycles. The Morgan fingerprint density at radius 2 is 1.64 bits per heavy atom. The predicted octanol–water partition coefficient (Wildman–Crippen LogP) is 5.02. The van der Waals surface area contributed by atoms with Crippen LogP contribution < -0.4 is 4.90 Å². The monoisotopic (exact) mass is 487 g/mol. The van der Waals surface area contributed by atoms with Crippen LogP contribution in [-0.2, 0) is 12.8 Å². The van der Waals surface area contributed by atoms with Gasteiger partial charge < -0.3 is 4.90 Å². The number of rotatable bonds is 3. The third-order valence-corrected chi connectivity index (χ3v) is 7.80. The fraction of sp³-hybridized carbons (Fsp3) is 0.542. The zero-order valence-electron chi connectivity index (χ0n) is 16.6. The summed E-state index contributed by atoms with van der Waals surface area (Å²) in [7, 11) is 0. The summed E-state index contributed by atoms with van der Waals surface area (Å²) >= 11 is 2.32. The lowest BCUT2D eigenvalue weighted by molar-refractivity contribution is 0.133. The van der Waals surface area contributed by atoms with Crippen LogP contribution in [0.2, 0.25) is 0 Å². The molecule has 28 heavy (non-hydrogen) atoms. The number of pyridine rings is 1. The van der Waals surface area contributed by atoms with E-state index in [-0.39, 0.29) is 0 Å². The van der Waals surface area contributed by atoms with E-state index in [1.807, 2.05) is 6.20 Å². The first-order valence-electron chi connectivity index (χ1n) is 11.0. The fourth-order valence-corrected chi connectivity index (χ4v) is 5.45. The molecule has 2 aromatic rings. The highest BCUT2D eigenvalue weighted by atomic mass is 127. The van der Waals surface area contributed by atoms with Crippen molar-refractivity contribution < 1.29 is 0 Å². The number of hydrogen-bond donors (Lipinski definition) is 0. The first-order valence-corrected chi connectivity index (χ1v) is 12.1. The quantitative estimate of drug-likeness (QED) is 0.567. The molecule has 5 rings (SSSR count). The first kappa shape index (κ1) is 18.9. The van der Waals surface area contributed by atoms with Crippen LogP contribution in [-0.4, -0.2) is 42.1 Å². The molecule has 0 radical (unpaired) electrons. The maximum atomic E-state index is 4.61. The van der Waals surface area contributed by atoms with Crippen LogP contribution in [0, 0.1) is 3.57 Å². The second kappa shape index (κ2) is 8.31. The van der Waals surface area contributed by atoms with E-state index in [9.17, 15) is 0 Å². The smallest absolute Gasteiger partial charge is 0.128 e. The largest absolute Gasteiger partial charge is 0.357 e. The molecular weight excluding hydrogens is 457 g/mol. The molecule has 3 aliphatic rings. The van der Waals surface area contributed by atoms with E-state index < -0.39 is 0 Å². The number of piperidine rings is 1. The molecular formula is C24H30IN3. The Labute approximate surface area is 182 Å². The summed E-state index contributed by atoms with van der Waals surface area (Å²) in [5, 5.41) is 0. The van der Waals surface area contributed by atoms with Crippen LogP contribution >= 0.6 is 22.6 Å². The molecule has 0 unspecified atom stereocenters. The van der Waals surface area contributed by atoms with Gasteiger partial charge in [0.25, 0.3) is 0 Å². The number of halogens is 1. The number of aromatic nitrogens is 1. The van der Waals surface area contributed by atoms with Gasteiger partial charge in [-0.3, -0.25) is 4.90 Å². The van der Waals surface area contributed by atoms with Crippen LogP contribution in [0.5, 0.6) is 0 Å². The fourth-order valence-electron chi connectivity index (χ4n) is 5.13. The summed E-state index contributed by atoms with van der Waals surface area (Å²) in [6.07, 6.45) is 11.2. The van der Waals surface area contributed by atoms with Gasteiger partial charge in [-0.2, -0.15) is 0 Å². The predicted molar refractivity (Wildman–Crippen MR) is 124 cm³/mol. The van der Waals surface area contributed by atoms with Gasteiger partial charge >= 0.3 is 0 Å². The van der Waals surface area contributed by atoms with Gasteiger partial charge in [-0.05, 0) is 95.9 Å². The minimum Gasteiger partial charge on any atom is -0.357 e. The Kier molecular flexibility index (Phi) is 5.60. The summed E-state index contributed by atoms with van der Waals surface area (Å²) in [6, 6.07) is 12.6. The maximum Gasteiger partial charge on any atom is 0.128 e. The van der Waals surface area contributed by atoms with Crippen molar-refractivity contribution in [3.8, 4) is 0 Å². The van der Waals surface area contributed by atoms with Crippen LogP contribution in [0.15, 0.2) is 36.5 Å². The minimum atomic E-state index is 0.705. The van der Waals surface area contributed by atoms with Gasteiger partial charge in [-0.15, -0.1) is 0 Å². The van der Waals surface area contributed by atoms with Crippen LogP contribution in [0.25, 0.3) is 0 Å². The molecule has 0 amide bonds. The number of anilines is 1. The van der Waals surface area contributed by atoms with Crippen LogP contribution in [0.1, 0.15) is 54.7 Å². The summed E-state index contributed by atoms with van der Waals surface area (Å²) in [4.78, 5) is 9.83. The van der Waals surface area contributed by atoms with Crippen molar-refractivity contribution in [2.24, 2.45) is 0 Å². The Balaban J connectivity index is 1.23. The van der Waals surface area contributed by atoms with Gasteiger partial charge in [0.15, 0.2) is 0 Å². The van der Waals surface area contributed by atoms with Gasteiger partial charge in [0, 0.05) is 42.0 Å². The molecule has 0 bridgehead atoms. The molecule has 1 saturated carbocycles. The average Bonchev–Trinajstić information content (AvgIpc) is 2.90. The second-order valence-electron chi connectivity index (χ2n) is 8.74. The average molecular weight is 487 g/mol. The van der Waals surface area contributed by atoms with Gasteiger partial charge in [-0.25, -0.2) is 4.98 Å². The van der Waals surface area contributed by atoms with Crippen LogP contribution in [0.3, 0.4) is 0 Å². The van der Waals surface area contributed by atoms with Crippen molar-refractivity contribution in [1.82, 2.24) is 9.88 Å². The number of benzene rings is 1. The van der Waals surface area contributed by atoms with E-state index in [1.54, 1.807) is 16.7 Å². The van der Waals surface area contributed by atoms with Crippen LogP contribution in [0.4, 0.5) is 5.82 Å². The van der Waals surface area contributed by atoms with Gasteiger partial charge in [0.05, 0.1) is 0 Å². The third-order valence-electron chi connectivity index (χ3n) is 7.16. The molecule has 0 spiro atoms. The SMILES string of the molecule is Ic1ccc(N2CCC(c3ccc4c(c3)CCN(C3CCC3)CC4)CC2)nc1. The first-order chi connectivity index (χ1) is 13.8. The number of nitrogens with zero attached hydrogens (tertiary/aromatic N) is 3. The molecule has 1 saturated heterocycles. The summed E-state index contributed by atoms with van der Waals surface area (Å²) in [5.74, 6) is 1.84. The molecule has 1 aliphatic carbocycles. The zero-order valence-corrected chi connectivity index (χ0v) is 18.8. The molecule has 148 valence electrons. The van der Waals surface area contributed by atoms with Gasteiger partial charge in [-0.1, -0.05) is 24.6 Å². The third kappa shape index (κ3) is 3.95. The number of hydrogen-bond acceptors (Lipinski definition) is 3. The Bertz CT molecular complexity index is 807. The van der Waals surface area contributed by atoms with Gasteiger partial charge in [0.1, 0.15) is 5.82 Å². The lowest BCUT2D eigenvalue weighted by Gasteiger charge is -2.36. The van der Waals surface area contributed by atoms with Crippen molar-refractivity contribution in [2.75, 3.05) is 31.1 Å². The lowest BCUT2D eigenvalue weighted by Crippen LogP contribution is -2.41. The topological polar surface area (TPSA) is 19.4 Å². The van der Waals surface area contributed by atoms with Crippen molar-refractivity contribution in [3.63, 3.8) is 0 Å². The van der Waals surface area contributed by atoms with Crippen molar-refractivity contribution in [2.45, 2.75) is 56.9 Å². The molecule has 2 fully saturated rings. The second-order valence-corrected chi connectivity index (χ2v) is 9.99. The Morgan fingerprint density at radius 1 is 0.857 bits per heavy atom. The van der Waals surface area contributed by atoms with E-state index in [0.717, 1.165) is 24.9 Å². The van der Waals surface area contributed by atoms with Crippen molar-refractivity contribution in [3.05, 3.63) is 56.8 Å². The lowest BCUT2D eigenvalue weighted by atomic mass is 9.87. The van der Waals surface area contributed by atoms with Crippen molar-refractivity contribution >= 4 is 28.4 Å². The normalized spacial score (nSPS) is 21.8. The van der Waals surface area contributed by atoms with E-state index >= 15 is 0 Å². The Morgan fingerprint density at radius 3 is 2.32 bits per heavy atom. The molecule has 3 heterocycles. The van der Waals surface area contributed by atoms with E-state index in [0.29, 0.717) is 5.92 Å². The molecule has 3 nitrogen and oxygen atoms in total. The Hall–Kier alpha value is -1.14. The zero-order chi connectivity index (χ0) is 18.9. The molecule has 0 atom stereocenters. The molecule has 0 N–H and O–H groups in total. The summed E-state index contributed by atoms with van der Waals surface area (Å²) in [6.45, 7) is 4.76. The molecule has 1 aromatic heterocycles. The highest BCUT2D eigenvalue weighted by Crippen LogP contribution is 2.33. The van der Waals surface area contributed by atoms with E-state index in [2.05, 4.69) is 67.7 Å². The summed E-state index contributed by atoms with van der Waals surface area (Å²) < 4.78 is 1.21. The highest BCUT2D eigenvalue weighted by Gasteiger charge is 2.27. The van der Waals surface area contributed by atoms with Gasteiger partial charge in [0.2, 0.25) is 0 Å². The van der Waals surface area contributed by atoms with Crippen molar-refractivity contribution in [1.29, 1.82) is 0 Å². The minimum absolute atomic E-state index is 0.705. The maximum absolute atomic E-state index is 4.61. The number of fused-ring (bicyclic) bond motifs is 1. The summed E-state index contributed by atoms with van der Waals surface area (Å²) in [5.41, 5.74) is 4.80. The molecule has 4 heteroatoms. The van der Waals surface area contributed by atoms with E-state index in [1.165, 1.54) is 61.6 Å². The highest BCUT2D eigenvalue weighted by molar-refractivity contribution is 14.1. The van der Waals surface area contributed by atoms with E-state index in [4.69, 9.17) is 0 Å².